The van der Waals surface area contributed by atoms with Crippen LogP contribution in [0.3, 0.4) is 0 Å². The monoisotopic (exact) mass is 251 g/mol. The summed E-state index contributed by atoms with van der Waals surface area (Å²) in [6.07, 6.45) is 4.02. The quantitative estimate of drug-likeness (QED) is 0.517. The number of thiazole rings is 1. The van der Waals surface area contributed by atoms with E-state index in [1.165, 1.54) is 4.70 Å². The van der Waals surface area contributed by atoms with Crippen molar-refractivity contribution in [1.29, 1.82) is 0 Å². The topological polar surface area (TPSA) is 30.2 Å². The fourth-order valence-corrected chi connectivity index (χ4v) is 2.94. The van der Waals surface area contributed by atoms with Crippen molar-refractivity contribution >= 4 is 27.2 Å². The number of aromatic nitrogens is 3. The van der Waals surface area contributed by atoms with Crippen LogP contribution >= 0.6 is 11.3 Å². The van der Waals surface area contributed by atoms with Gasteiger partial charge in [-0.2, -0.15) is 0 Å². The van der Waals surface area contributed by atoms with Crippen LogP contribution in [0.15, 0.2) is 54.9 Å². The molecule has 0 spiro atoms. The van der Waals surface area contributed by atoms with E-state index in [0.29, 0.717) is 0 Å². The van der Waals surface area contributed by atoms with E-state index in [1.54, 1.807) is 11.3 Å². The van der Waals surface area contributed by atoms with Crippen molar-refractivity contribution in [2.75, 3.05) is 0 Å². The minimum absolute atomic E-state index is 0.933. The molecule has 0 aliphatic heterocycles. The Hall–Kier alpha value is -2.20. The molecule has 1 aromatic carbocycles. The Morgan fingerprint density at radius 3 is 2.72 bits per heavy atom. The van der Waals surface area contributed by atoms with E-state index in [1.807, 2.05) is 53.2 Å². The lowest BCUT2D eigenvalue weighted by atomic mass is 10.3. The van der Waals surface area contributed by atoms with Crippen LogP contribution in [0.4, 0.5) is 0 Å². The predicted molar refractivity (Wildman–Crippen MR) is 73.8 cm³/mol. The number of benzene rings is 1. The second-order valence-electron chi connectivity index (χ2n) is 4.08. The highest BCUT2D eigenvalue weighted by atomic mass is 32.1. The molecule has 0 fully saturated rings. The van der Waals surface area contributed by atoms with E-state index >= 15 is 0 Å². The van der Waals surface area contributed by atoms with Crippen LogP contribution in [-0.4, -0.2) is 14.4 Å². The second-order valence-corrected chi connectivity index (χ2v) is 5.11. The molecular formula is C14H9N3S. The first-order valence-corrected chi connectivity index (χ1v) is 6.51. The van der Waals surface area contributed by atoms with Gasteiger partial charge in [0.1, 0.15) is 16.3 Å². The molecule has 18 heavy (non-hydrogen) atoms. The minimum atomic E-state index is 0.933. The molecule has 3 nitrogen and oxygen atoms in total. The average molecular weight is 251 g/mol. The highest BCUT2D eigenvalue weighted by molar-refractivity contribution is 7.21. The summed E-state index contributed by atoms with van der Waals surface area (Å²) in [4.78, 5) is 9.21. The van der Waals surface area contributed by atoms with Crippen molar-refractivity contribution in [3.63, 3.8) is 0 Å². The Morgan fingerprint density at radius 1 is 0.944 bits per heavy atom. The molecule has 0 saturated carbocycles. The largest absolute Gasteiger partial charge is 0.306 e. The van der Waals surface area contributed by atoms with Gasteiger partial charge in [-0.15, -0.1) is 11.3 Å². The van der Waals surface area contributed by atoms with Crippen molar-refractivity contribution in [2.45, 2.75) is 0 Å². The first-order chi connectivity index (χ1) is 8.90. The number of hydrogen-bond acceptors (Lipinski definition) is 3. The van der Waals surface area contributed by atoms with Gasteiger partial charge in [0.05, 0.1) is 10.2 Å². The third-order valence-electron chi connectivity index (χ3n) is 2.88. The highest BCUT2D eigenvalue weighted by Gasteiger charge is 2.09. The molecule has 0 amide bonds. The smallest absolute Gasteiger partial charge is 0.144 e. The summed E-state index contributed by atoms with van der Waals surface area (Å²) < 4.78 is 3.21. The fraction of sp³-hybridized carbons (Fsp3) is 0. The van der Waals surface area contributed by atoms with Crippen LogP contribution in [-0.2, 0) is 0 Å². The molecule has 3 aromatic heterocycles. The molecule has 0 unspecified atom stereocenters. The normalized spacial score (nSPS) is 11.3. The van der Waals surface area contributed by atoms with Gasteiger partial charge in [0.15, 0.2) is 0 Å². The van der Waals surface area contributed by atoms with E-state index < -0.39 is 0 Å². The number of hydrogen-bond donors (Lipinski definition) is 0. The fourth-order valence-electron chi connectivity index (χ4n) is 2.02. The molecule has 0 aliphatic carbocycles. The highest BCUT2D eigenvalue weighted by Crippen LogP contribution is 2.29. The second kappa shape index (κ2) is 3.65. The van der Waals surface area contributed by atoms with Gasteiger partial charge < -0.3 is 4.40 Å². The summed E-state index contributed by atoms with van der Waals surface area (Å²) in [6, 6.07) is 14.2. The van der Waals surface area contributed by atoms with Gasteiger partial charge in [-0.1, -0.05) is 18.2 Å². The van der Waals surface area contributed by atoms with Crippen LogP contribution in [0.5, 0.6) is 0 Å². The predicted octanol–water partition coefficient (Wildman–Crippen LogP) is 3.61. The molecule has 86 valence electrons. The molecule has 0 atom stereocenters. The van der Waals surface area contributed by atoms with Crippen molar-refractivity contribution in [2.24, 2.45) is 0 Å². The molecule has 4 rings (SSSR count). The van der Waals surface area contributed by atoms with Crippen molar-refractivity contribution < 1.29 is 0 Å². The van der Waals surface area contributed by atoms with Crippen molar-refractivity contribution in [3.05, 3.63) is 54.9 Å². The molecular weight excluding hydrogens is 242 g/mol. The van der Waals surface area contributed by atoms with Gasteiger partial charge in [-0.3, -0.25) is 0 Å². The first kappa shape index (κ1) is 9.79. The van der Waals surface area contributed by atoms with Crippen LogP contribution < -0.4 is 0 Å². The number of pyridine rings is 1. The molecule has 3 heterocycles. The summed E-state index contributed by atoms with van der Waals surface area (Å²) in [5.74, 6) is 0. The van der Waals surface area contributed by atoms with E-state index in [2.05, 4.69) is 16.0 Å². The lowest BCUT2D eigenvalue weighted by Gasteiger charge is -1.86. The summed E-state index contributed by atoms with van der Waals surface area (Å²) in [5.41, 5.74) is 2.92. The number of rotatable bonds is 1. The third-order valence-corrected chi connectivity index (χ3v) is 3.94. The Bertz CT molecular complexity index is 706. The SMILES string of the molecule is c1ccc2sc(-c3cn4ccccc4n3)nc2c1. The first-order valence-electron chi connectivity index (χ1n) is 5.70. The van der Waals surface area contributed by atoms with Crippen LogP contribution in [0.2, 0.25) is 0 Å². The maximum absolute atomic E-state index is 4.62. The van der Waals surface area contributed by atoms with E-state index in [9.17, 15) is 0 Å². The van der Waals surface area contributed by atoms with Gasteiger partial charge >= 0.3 is 0 Å². The van der Waals surface area contributed by atoms with E-state index in [0.717, 1.165) is 21.9 Å². The minimum Gasteiger partial charge on any atom is -0.306 e. The lowest BCUT2D eigenvalue weighted by Crippen LogP contribution is -1.77. The van der Waals surface area contributed by atoms with E-state index in [-0.39, 0.29) is 0 Å². The van der Waals surface area contributed by atoms with Crippen LogP contribution in [0.1, 0.15) is 0 Å². The van der Waals surface area contributed by atoms with Crippen LogP contribution in [0, 0.1) is 0 Å². The average Bonchev–Trinajstić information content (AvgIpc) is 3.02. The Labute approximate surface area is 107 Å². The molecule has 0 bridgehead atoms. The Balaban J connectivity index is 1.95. The Morgan fingerprint density at radius 2 is 1.83 bits per heavy atom. The molecule has 0 saturated heterocycles. The molecule has 4 aromatic rings. The summed E-state index contributed by atoms with van der Waals surface area (Å²) >= 11 is 1.68. The number of para-hydroxylation sites is 1. The summed E-state index contributed by atoms with van der Waals surface area (Å²) in [5, 5.41) is 0.972. The molecule has 0 radical (unpaired) electrons. The zero-order valence-corrected chi connectivity index (χ0v) is 10.3. The third kappa shape index (κ3) is 1.43. The maximum Gasteiger partial charge on any atom is 0.144 e. The van der Waals surface area contributed by atoms with Gasteiger partial charge in [0, 0.05) is 12.4 Å². The van der Waals surface area contributed by atoms with Crippen LogP contribution in [0.25, 0.3) is 26.6 Å². The van der Waals surface area contributed by atoms with Gasteiger partial charge in [0.2, 0.25) is 0 Å². The molecule has 0 aliphatic rings. The van der Waals surface area contributed by atoms with Gasteiger partial charge in [-0.05, 0) is 24.3 Å². The van der Waals surface area contributed by atoms with E-state index in [4.69, 9.17) is 0 Å². The molecule has 0 N–H and O–H groups in total. The zero-order valence-electron chi connectivity index (χ0n) is 9.45. The summed E-state index contributed by atoms with van der Waals surface area (Å²) in [7, 11) is 0. The standard InChI is InChI=1S/C14H9N3S/c1-2-6-12-10(5-1)16-14(18-12)11-9-17-8-4-3-7-13(17)15-11/h1-9H. The van der Waals surface area contributed by atoms with Gasteiger partial charge in [-0.25, -0.2) is 9.97 Å². The molecule has 4 heteroatoms. The Kier molecular flexibility index (Phi) is 1.98. The summed E-state index contributed by atoms with van der Waals surface area (Å²) in [6.45, 7) is 0. The zero-order chi connectivity index (χ0) is 11.9. The van der Waals surface area contributed by atoms with Crippen molar-refractivity contribution in [1.82, 2.24) is 14.4 Å². The number of nitrogens with zero attached hydrogens (tertiary/aromatic N) is 3. The number of imidazole rings is 1. The lowest BCUT2D eigenvalue weighted by molar-refractivity contribution is 1.19. The van der Waals surface area contributed by atoms with Crippen molar-refractivity contribution in [3.8, 4) is 10.7 Å². The maximum atomic E-state index is 4.62. The number of fused-ring (bicyclic) bond motifs is 2. The van der Waals surface area contributed by atoms with Gasteiger partial charge in [0.25, 0.3) is 0 Å².